The van der Waals surface area contributed by atoms with E-state index in [1.54, 1.807) is 6.92 Å². The Labute approximate surface area is 166 Å². The Kier molecular flexibility index (Phi) is 5.44. The lowest BCUT2D eigenvalue weighted by molar-refractivity contribution is -0.121. The number of hydrogen-bond acceptors (Lipinski definition) is 7. The summed E-state index contributed by atoms with van der Waals surface area (Å²) in [5, 5.41) is 6.29. The van der Waals surface area contributed by atoms with E-state index in [-0.39, 0.29) is 19.2 Å². The lowest BCUT2D eigenvalue weighted by Gasteiger charge is -2.01. The van der Waals surface area contributed by atoms with Crippen LogP contribution in [0.4, 0.5) is 6.01 Å². The van der Waals surface area contributed by atoms with E-state index >= 15 is 0 Å². The molecule has 0 aliphatic heterocycles. The van der Waals surface area contributed by atoms with Crippen LogP contribution in [0.5, 0.6) is 0 Å². The Balaban J connectivity index is 1.49. The monoisotopic (exact) mass is 390 g/mol. The number of aromatic nitrogens is 3. The van der Waals surface area contributed by atoms with Crippen molar-refractivity contribution < 1.29 is 18.5 Å². The molecule has 0 aliphatic carbocycles. The molecule has 0 aliphatic rings. The zero-order valence-corrected chi connectivity index (χ0v) is 15.7. The number of nitrogens with one attached hydrogen (secondary N) is 1. The molecule has 0 fully saturated rings. The fourth-order valence-electron chi connectivity index (χ4n) is 2.74. The van der Waals surface area contributed by atoms with E-state index in [0.29, 0.717) is 23.2 Å². The molecule has 8 heteroatoms. The second kappa shape index (κ2) is 8.49. The van der Waals surface area contributed by atoms with E-state index in [1.165, 1.54) is 0 Å². The van der Waals surface area contributed by atoms with E-state index in [4.69, 9.17) is 13.7 Å². The molecule has 0 spiro atoms. The van der Waals surface area contributed by atoms with Crippen LogP contribution in [0, 0.1) is 6.92 Å². The van der Waals surface area contributed by atoms with Crippen molar-refractivity contribution in [3.8, 4) is 22.6 Å². The number of carbonyl (C=O) groups is 1. The molecule has 0 unspecified atom stereocenters. The van der Waals surface area contributed by atoms with Gasteiger partial charge in [-0.15, -0.1) is 0 Å². The summed E-state index contributed by atoms with van der Waals surface area (Å²) >= 11 is 0. The molecule has 1 amide bonds. The second-order valence-electron chi connectivity index (χ2n) is 6.21. The Bertz CT molecular complexity index is 1030. The molecule has 0 saturated carbocycles. The molecule has 0 atom stereocenters. The van der Waals surface area contributed by atoms with Crippen LogP contribution in [0.1, 0.15) is 11.7 Å². The molecule has 2 aromatic carbocycles. The molecule has 2 heterocycles. The van der Waals surface area contributed by atoms with Gasteiger partial charge in [-0.05, 0) is 6.92 Å². The summed E-state index contributed by atoms with van der Waals surface area (Å²) in [7, 11) is 0. The lowest BCUT2D eigenvalue weighted by Crippen LogP contribution is -2.18. The van der Waals surface area contributed by atoms with Gasteiger partial charge in [-0.3, -0.25) is 10.1 Å². The maximum atomic E-state index is 12.2. The third-order valence-electron chi connectivity index (χ3n) is 3.99. The number of nitrogens with zero attached hydrogens (tertiary/aromatic N) is 3. The highest BCUT2D eigenvalue weighted by molar-refractivity contribution is 5.90. The van der Waals surface area contributed by atoms with E-state index in [1.807, 2.05) is 60.7 Å². The van der Waals surface area contributed by atoms with Crippen LogP contribution in [0.3, 0.4) is 0 Å². The van der Waals surface area contributed by atoms with Crippen molar-refractivity contribution in [1.82, 2.24) is 15.1 Å². The fourth-order valence-corrected chi connectivity index (χ4v) is 2.74. The number of oxazole rings is 1. The summed E-state index contributed by atoms with van der Waals surface area (Å²) < 4.78 is 16.1. The number of benzene rings is 2. The molecule has 0 radical (unpaired) electrons. The van der Waals surface area contributed by atoms with Gasteiger partial charge in [-0.1, -0.05) is 65.8 Å². The van der Waals surface area contributed by atoms with Gasteiger partial charge < -0.3 is 13.7 Å². The predicted octanol–water partition coefficient (Wildman–Crippen LogP) is 3.86. The number of carbonyl (C=O) groups excluding carboxylic acids is 1. The Morgan fingerprint density at radius 3 is 2.34 bits per heavy atom. The van der Waals surface area contributed by atoms with Crippen molar-refractivity contribution in [1.29, 1.82) is 0 Å². The van der Waals surface area contributed by atoms with Crippen LogP contribution < -0.4 is 5.32 Å². The Hall–Kier alpha value is -3.78. The van der Waals surface area contributed by atoms with Crippen molar-refractivity contribution in [2.75, 3.05) is 11.9 Å². The summed E-state index contributed by atoms with van der Waals surface area (Å²) in [5.74, 6) is 0.995. The van der Waals surface area contributed by atoms with Gasteiger partial charge in [0.25, 0.3) is 11.8 Å². The first kappa shape index (κ1) is 18.6. The number of anilines is 1. The highest BCUT2D eigenvalue weighted by atomic mass is 16.5. The van der Waals surface area contributed by atoms with Gasteiger partial charge in [0.15, 0.2) is 11.6 Å². The van der Waals surface area contributed by atoms with Crippen LogP contribution in [-0.2, 0) is 16.1 Å². The zero-order chi connectivity index (χ0) is 20.1. The fraction of sp³-hybridized carbons (Fsp3) is 0.143. The van der Waals surface area contributed by atoms with E-state index in [2.05, 4.69) is 20.4 Å². The minimum absolute atomic E-state index is 0.0460. The SMILES string of the molecule is Cc1noc(COCC(=O)Nc2nc(-c3ccccc3)c(-c3ccccc3)o2)n1. The molecule has 4 aromatic rings. The molecule has 0 bridgehead atoms. The standard InChI is InChI=1S/C21H18N4O4/c1-14-22-18(29-25-14)13-27-12-17(26)23-21-24-19(15-8-4-2-5-9-15)20(28-21)16-10-6-3-7-11-16/h2-11H,12-13H2,1H3,(H,23,24,26). The molecule has 8 nitrogen and oxygen atoms in total. The topological polar surface area (TPSA) is 103 Å². The summed E-state index contributed by atoms with van der Waals surface area (Å²) in [6.45, 7) is 1.55. The van der Waals surface area contributed by atoms with Gasteiger partial charge >= 0.3 is 6.01 Å². The van der Waals surface area contributed by atoms with Gasteiger partial charge in [-0.2, -0.15) is 9.97 Å². The molecule has 146 valence electrons. The average molecular weight is 390 g/mol. The first-order chi connectivity index (χ1) is 14.2. The molecular formula is C21H18N4O4. The summed E-state index contributed by atoms with van der Waals surface area (Å²) in [6.07, 6.45) is 0. The highest BCUT2D eigenvalue weighted by Crippen LogP contribution is 2.34. The minimum atomic E-state index is -0.401. The van der Waals surface area contributed by atoms with Crippen LogP contribution in [-0.4, -0.2) is 27.6 Å². The largest absolute Gasteiger partial charge is 0.423 e. The normalized spacial score (nSPS) is 10.8. The van der Waals surface area contributed by atoms with Gasteiger partial charge in [0, 0.05) is 11.1 Å². The lowest BCUT2D eigenvalue weighted by atomic mass is 10.1. The summed E-state index contributed by atoms with van der Waals surface area (Å²) in [5.41, 5.74) is 2.40. The van der Waals surface area contributed by atoms with Crippen LogP contribution in [0.15, 0.2) is 69.6 Å². The van der Waals surface area contributed by atoms with Gasteiger partial charge in [0.2, 0.25) is 0 Å². The summed E-state index contributed by atoms with van der Waals surface area (Å²) in [4.78, 5) is 20.7. The summed E-state index contributed by atoms with van der Waals surface area (Å²) in [6, 6.07) is 19.3. The first-order valence-corrected chi connectivity index (χ1v) is 8.97. The Morgan fingerprint density at radius 2 is 1.69 bits per heavy atom. The first-order valence-electron chi connectivity index (χ1n) is 8.97. The third-order valence-corrected chi connectivity index (χ3v) is 3.99. The van der Waals surface area contributed by atoms with Crippen molar-refractivity contribution in [2.24, 2.45) is 0 Å². The molecule has 4 rings (SSSR count). The van der Waals surface area contributed by atoms with Crippen molar-refractivity contribution in [3.05, 3.63) is 72.4 Å². The van der Waals surface area contributed by atoms with E-state index < -0.39 is 5.91 Å². The second-order valence-corrected chi connectivity index (χ2v) is 6.21. The number of rotatable bonds is 7. The van der Waals surface area contributed by atoms with Crippen LogP contribution >= 0.6 is 0 Å². The molecule has 2 aromatic heterocycles. The van der Waals surface area contributed by atoms with Crippen LogP contribution in [0.25, 0.3) is 22.6 Å². The number of ether oxygens (including phenoxy) is 1. The molecule has 1 N–H and O–H groups in total. The average Bonchev–Trinajstić information content (AvgIpc) is 3.35. The predicted molar refractivity (Wildman–Crippen MR) is 105 cm³/mol. The van der Waals surface area contributed by atoms with Crippen LogP contribution in [0.2, 0.25) is 0 Å². The zero-order valence-electron chi connectivity index (χ0n) is 15.7. The maximum Gasteiger partial charge on any atom is 0.302 e. The minimum Gasteiger partial charge on any atom is -0.423 e. The maximum absolute atomic E-state index is 12.2. The van der Waals surface area contributed by atoms with Crippen molar-refractivity contribution in [3.63, 3.8) is 0 Å². The third kappa shape index (κ3) is 4.56. The number of amides is 1. The Morgan fingerprint density at radius 1 is 1.00 bits per heavy atom. The van der Waals surface area contributed by atoms with E-state index in [0.717, 1.165) is 11.1 Å². The molecule has 0 saturated heterocycles. The number of hydrogen-bond donors (Lipinski definition) is 1. The van der Waals surface area contributed by atoms with E-state index in [9.17, 15) is 4.79 Å². The van der Waals surface area contributed by atoms with Crippen molar-refractivity contribution in [2.45, 2.75) is 13.5 Å². The van der Waals surface area contributed by atoms with Crippen molar-refractivity contribution >= 4 is 11.9 Å². The highest BCUT2D eigenvalue weighted by Gasteiger charge is 2.18. The van der Waals surface area contributed by atoms with Gasteiger partial charge in [0.1, 0.15) is 18.9 Å². The smallest absolute Gasteiger partial charge is 0.302 e. The van der Waals surface area contributed by atoms with Gasteiger partial charge in [-0.25, -0.2) is 0 Å². The van der Waals surface area contributed by atoms with Gasteiger partial charge in [0.05, 0.1) is 0 Å². The molecule has 29 heavy (non-hydrogen) atoms. The molecular weight excluding hydrogens is 372 g/mol. The number of aryl methyl sites for hydroxylation is 1. The quantitative estimate of drug-likeness (QED) is 0.511.